The molecule has 3 aromatic rings. The van der Waals surface area contributed by atoms with Gasteiger partial charge in [-0.1, -0.05) is 52.3 Å². The number of anilines is 1. The standard InChI is InChI=1S/C29H21BrN2O5/c30-18-7-5-17(6-8-18)27(33)26-24-23(25-20-4-2-1-3-16(20)11-12-31(25)26)28(34)32(29(24)35)19-9-10-21-22(15-19)37-14-13-36-21/h1-12,15,23-26H,13-14H2/t23-,24-,25-,26+/m0/s1. The van der Waals surface area contributed by atoms with Crippen LogP contribution < -0.4 is 14.4 Å². The van der Waals surface area contributed by atoms with Crippen molar-refractivity contribution in [1.29, 1.82) is 0 Å². The molecule has 4 aliphatic heterocycles. The predicted octanol–water partition coefficient (Wildman–Crippen LogP) is 4.62. The van der Waals surface area contributed by atoms with Gasteiger partial charge in [0.05, 0.1) is 23.6 Å². The summed E-state index contributed by atoms with van der Waals surface area (Å²) in [6.07, 6.45) is 3.81. The van der Waals surface area contributed by atoms with E-state index < -0.39 is 23.9 Å². The molecule has 0 N–H and O–H groups in total. The number of imide groups is 1. The van der Waals surface area contributed by atoms with Gasteiger partial charge in [0.1, 0.15) is 19.3 Å². The van der Waals surface area contributed by atoms with E-state index in [0.29, 0.717) is 36.0 Å². The summed E-state index contributed by atoms with van der Waals surface area (Å²) < 4.78 is 12.2. The number of rotatable bonds is 3. The Morgan fingerprint density at radius 3 is 2.41 bits per heavy atom. The third-order valence-electron chi connectivity index (χ3n) is 7.64. The minimum Gasteiger partial charge on any atom is -0.486 e. The van der Waals surface area contributed by atoms with Crippen molar-refractivity contribution in [3.05, 3.63) is 94.1 Å². The average Bonchev–Trinajstić information content (AvgIpc) is 3.40. The molecule has 184 valence electrons. The summed E-state index contributed by atoms with van der Waals surface area (Å²) >= 11 is 3.42. The zero-order valence-electron chi connectivity index (χ0n) is 19.5. The number of nitrogens with zero attached hydrogens (tertiary/aromatic N) is 2. The predicted molar refractivity (Wildman–Crippen MR) is 139 cm³/mol. The Morgan fingerprint density at radius 1 is 0.865 bits per heavy atom. The van der Waals surface area contributed by atoms with Crippen molar-refractivity contribution in [2.75, 3.05) is 18.1 Å². The lowest BCUT2D eigenvalue weighted by molar-refractivity contribution is -0.123. The summed E-state index contributed by atoms with van der Waals surface area (Å²) in [7, 11) is 0. The van der Waals surface area contributed by atoms with Crippen molar-refractivity contribution in [3.8, 4) is 11.5 Å². The molecule has 4 aliphatic rings. The van der Waals surface area contributed by atoms with Gasteiger partial charge in [0.25, 0.3) is 0 Å². The highest BCUT2D eigenvalue weighted by atomic mass is 79.9. The van der Waals surface area contributed by atoms with Gasteiger partial charge in [0.15, 0.2) is 17.3 Å². The number of hydrogen-bond acceptors (Lipinski definition) is 6. The van der Waals surface area contributed by atoms with Crippen molar-refractivity contribution < 1.29 is 23.9 Å². The Labute approximate surface area is 221 Å². The largest absolute Gasteiger partial charge is 0.486 e. The van der Waals surface area contributed by atoms with Crippen LogP contribution in [0.4, 0.5) is 5.69 Å². The maximum absolute atomic E-state index is 14.0. The molecule has 0 unspecified atom stereocenters. The van der Waals surface area contributed by atoms with E-state index in [9.17, 15) is 14.4 Å². The smallest absolute Gasteiger partial charge is 0.240 e. The number of carbonyl (C=O) groups excluding carboxylic acids is 3. The van der Waals surface area contributed by atoms with Gasteiger partial charge in [-0.3, -0.25) is 14.4 Å². The average molecular weight is 557 g/mol. The number of Topliss-reactive ketones (excluding diaryl/α,β-unsaturated/α-hetero) is 1. The fraction of sp³-hybridized carbons (Fsp3) is 0.207. The summed E-state index contributed by atoms with van der Waals surface area (Å²) in [5.74, 6) is -1.31. The number of carbonyl (C=O) groups is 3. The summed E-state index contributed by atoms with van der Waals surface area (Å²) in [5.41, 5.74) is 2.85. The highest BCUT2D eigenvalue weighted by Gasteiger charge is 2.64. The van der Waals surface area contributed by atoms with Crippen LogP contribution in [0, 0.1) is 11.8 Å². The normalized spacial score (nSPS) is 25.1. The van der Waals surface area contributed by atoms with Gasteiger partial charge in [-0.2, -0.15) is 0 Å². The molecule has 0 bridgehead atoms. The van der Waals surface area contributed by atoms with Gasteiger partial charge in [-0.15, -0.1) is 0 Å². The zero-order chi connectivity index (χ0) is 25.3. The van der Waals surface area contributed by atoms with E-state index in [1.54, 1.807) is 30.3 Å². The highest BCUT2D eigenvalue weighted by molar-refractivity contribution is 9.10. The minimum absolute atomic E-state index is 0.181. The molecule has 2 saturated heterocycles. The molecular weight excluding hydrogens is 536 g/mol. The van der Waals surface area contributed by atoms with Crippen LogP contribution >= 0.6 is 15.9 Å². The van der Waals surface area contributed by atoms with Gasteiger partial charge in [-0.25, -0.2) is 4.90 Å². The Bertz CT molecular complexity index is 1500. The fourth-order valence-electron chi connectivity index (χ4n) is 6.07. The number of amides is 2. The molecule has 4 atom stereocenters. The molecule has 37 heavy (non-hydrogen) atoms. The third-order valence-corrected chi connectivity index (χ3v) is 8.17. The lowest BCUT2D eigenvalue weighted by Crippen LogP contribution is -2.44. The van der Waals surface area contributed by atoms with Crippen LogP contribution in [0.5, 0.6) is 11.5 Å². The fourth-order valence-corrected chi connectivity index (χ4v) is 6.33. The first-order chi connectivity index (χ1) is 18.0. The molecule has 0 spiro atoms. The molecule has 7 rings (SSSR count). The number of halogens is 1. The Kier molecular flexibility index (Phi) is 5.01. The molecule has 0 aromatic heterocycles. The lowest BCUT2D eigenvalue weighted by Gasteiger charge is -2.35. The first kappa shape index (κ1) is 22.3. The van der Waals surface area contributed by atoms with Gasteiger partial charge >= 0.3 is 0 Å². The molecular formula is C29H21BrN2O5. The topological polar surface area (TPSA) is 76.1 Å². The summed E-state index contributed by atoms with van der Waals surface area (Å²) in [5, 5.41) is 0. The van der Waals surface area contributed by atoms with E-state index in [1.807, 2.05) is 53.6 Å². The van der Waals surface area contributed by atoms with Crippen LogP contribution in [0.15, 0.2) is 77.4 Å². The first-order valence-electron chi connectivity index (χ1n) is 12.1. The van der Waals surface area contributed by atoms with Crippen molar-refractivity contribution in [1.82, 2.24) is 4.90 Å². The minimum atomic E-state index is -0.822. The SMILES string of the molecule is O=C(c1ccc(Br)cc1)[C@H]1[C@H]2C(=O)N(c3ccc4c(c3)OCCO4)C(=O)[C@@H]2[C@@H]2c3ccccc3C=CN12. The Hall–Kier alpha value is -3.91. The molecule has 3 aromatic carbocycles. The Morgan fingerprint density at radius 2 is 1.59 bits per heavy atom. The van der Waals surface area contributed by atoms with E-state index in [1.165, 1.54) is 4.90 Å². The second-order valence-corrected chi connectivity index (χ2v) is 10.5. The lowest BCUT2D eigenvalue weighted by atomic mass is 9.83. The van der Waals surface area contributed by atoms with Crippen LogP contribution in [0.3, 0.4) is 0 Å². The van der Waals surface area contributed by atoms with Crippen molar-refractivity contribution >= 4 is 45.3 Å². The van der Waals surface area contributed by atoms with Crippen molar-refractivity contribution in [2.24, 2.45) is 11.8 Å². The maximum atomic E-state index is 14.0. The third kappa shape index (κ3) is 3.28. The summed E-state index contributed by atoms with van der Waals surface area (Å²) in [4.78, 5) is 45.2. The van der Waals surface area contributed by atoms with E-state index in [4.69, 9.17) is 9.47 Å². The second kappa shape index (κ2) is 8.31. The van der Waals surface area contributed by atoms with Crippen LogP contribution in [-0.4, -0.2) is 41.8 Å². The van der Waals surface area contributed by atoms with Gasteiger partial charge in [0.2, 0.25) is 11.8 Å². The number of ketones is 1. The van der Waals surface area contributed by atoms with E-state index in [0.717, 1.165) is 15.6 Å². The molecule has 7 nitrogen and oxygen atoms in total. The molecule has 2 fully saturated rings. The molecule has 8 heteroatoms. The van der Waals surface area contributed by atoms with Gasteiger partial charge in [0, 0.05) is 22.3 Å². The number of hydrogen-bond donors (Lipinski definition) is 0. The summed E-state index contributed by atoms with van der Waals surface area (Å²) in [6, 6.07) is 18.8. The monoisotopic (exact) mass is 556 g/mol. The second-order valence-electron chi connectivity index (χ2n) is 9.54. The number of benzene rings is 3. The van der Waals surface area contributed by atoms with Crippen molar-refractivity contribution in [3.63, 3.8) is 0 Å². The molecule has 0 aliphatic carbocycles. The van der Waals surface area contributed by atoms with Crippen LogP contribution in [-0.2, 0) is 9.59 Å². The van der Waals surface area contributed by atoms with Gasteiger partial charge in [-0.05, 0) is 41.5 Å². The molecule has 2 amide bonds. The van der Waals surface area contributed by atoms with E-state index in [2.05, 4.69) is 15.9 Å². The number of fused-ring (bicyclic) bond motifs is 6. The molecule has 0 saturated carbocycles. The quantitative estimate of drug-likeness (QED) is 0.346. The first-order valence-corrected chi connectivity index (χ1v) is 12.9. The highest BCUT2D eigenvalue weighted by Crippen LogP contribution is 2.54. The van der Waals surface area contributed by atoms with Crippen LogP contribution in [0.2, 0.25) is 0 Å². The van der Waals surface area contributed by atoms with E-state index >= 15 is 0 Å². The zero-order valence-corrected chi connectivity index (χ0v) is 21.1. The summed E-state index contributed by atoms with van der Waals surface area (Å²) in [6.45, 7) is 0.843. The Balaban J connectivity index is 1.35. The van der Waals surface area contributed by atoms with Gasteiger partial charge < -0.3 is 14.4 Å². The van der Waals surface area contributed by atoms with Crippen LogP contribution in [0.25, 0.3) is 6.08 Å². The maximum Gasteiger partial charge on any atom is 0.240 e. The van der Waals surface area contributed by atoms with Crippen molar-refractivity contribution in [2.45, 2.75) is 12.1 Å². The van der Waals surface area contributed by atoms with Crippen LogP contribution in [0.1, 0.15) is 27.5 Å². The number of ether oxygens (including phenoxy) is 2. The van der Waals surface area contributed by atoms with E-state index in [-0.39, 0.29) is 17.6 Å². The molecule has 0 radical (unpaired) electrons. The molecule has 4 heterocycles.